The number of benzene rings is 4. The van der Waals surface area contributed by atoms with Crippen molar-refractivity contribution < 1.29 is 28.6 Å². The summed E-state index contributed by atoms with van der Waals surface area (Å²) in [5, 5.41) is 14.6. The maximum Gasteiger partial charge on any atom is 0.336 e. The summed E-state index contributed by atoms with van der Waals surface area (Å²) in [5.74, 6) is 0.143. The molecule has 2 aromatic heterocycles. The first kappa shape index (κ1) is 29.4. The van der Waals surface area contributed by atoms with E-state index in [1.54, 1.807) is 48.8 Å². The third-order valence-corrected chi connectivity index (χ3v) is 8.34. The number of thiophene rings is 1. The average Bonchev–Trinajstić information content (AvgIpc) is 3.70. The van der Waals surface area contributed by atoms with Gasteiger partial charge in [-0.3, -0.25) is 4.79 Å². The number of nitrogens with one attached hydrogen (secondary N) is 2. The lowest BCUT2D eigenvalue weighted by Crippen LogP contribution is -2.09. The normalized spacial score (nSPS) is 11.4. The minimum atomic E-state index is -1.05. The number of methoxy groups -OCH3 is 1. The summed E-state index contributed by atoms with van der Waals surface area (Å²) in [5.41, 5.74) is 13.2. The van der Waals surface area contributed by atoms with Gasteiger partial charge in [-0.15, -0.1) is 11.3 Å². The number of nitrogens with zero attached hydrogens (tertiary/aromatic N) is 1. The second kappa shape index (κ2) is 12.1. The number of aromatic amines is 1. The van der Waals surface area contributed by atoms with Crippen molar-refractivity contribution in [2.24, 2.45) is 0 Å². The lowest BCUT2D eigenvalue weighted by atomic mass is 9.87. The molecule has 1 amide bonds. The Kier molecular flexibility index (Phi) is 7.93. The number of carbonyl (C=O) groups excluding carboxylic acids is 1. The van der Waals surface area contributed by atoms with Gasteiger partial charge in [-0.2, -0.15) is 0 Å². The number of fused-ring (bicyclic) bond motifs is 4. The Hall–Kier alpha value is -5.68. The summed E-state index contributed by atoms with van der Waals surface area (Å²) in [6.45, 7) is 2.24. The number of H-pyrrole nitrogens is 1. The van der Waals surface area contributed by atoms with Crippen LogP contribution in [-0.2, 0) is 11.4 Å². The van der Waals surface area contributed by atoms with Gasteiger partial charge in [-0.25, -0.2) is 14.2 Å². The van der Waals surface area contributed by atoms with E-state index in [1.165, 1.54) is 12.1 Å². The van der Waals surface area contributed by atoms with E-state index < -0.39 is 11.8 Å². The van der Waals surface area contributed by atoms with Crippen molar-refractivity contribution >= 4 is 46.4 Å². The van der Waals surface area contributed by atoms with Crippen molar-refractivity contribution in [3.8, 4) is 44.2 Å². The number of anilines is 2. The van der Waals surface area contributed by atoms with E-state index in [9.17, 15) is 19.1 Å². The average molecular weight is 623 g/mol. The quantitative estimate of drug-likeness (QED) is 0.141. The van der Waals surface area contributed by atoms with Gasteiger partial charge in [0.15, 0.2) is 5.95 Å². The third kappa shape index (κ3) is 5.80. The lowest BCUT2D eigenvalue weighted by molar-refractivity contribution is -0.105. The zero-order valence-corrected chi connectivity index (χ0v) is 25.0. The van der Waals surface area contributed by atoms with Crippen LogP contribution in [0, 0.1) is 12.7 Å². The van der Waals surface area contributed by atoms with Gasteiger partial charge in [0, 0.05) is 21.7 Å². The molecule has 45 heavy (non-hydrogen) atoms. The molecular weight excluding hydrogens is 595 g/mol. The number of hydrogen-bond acceptors (Lipinski definition) is 7. The van der Waals surface area contributed by atoms with Gasteiger partial charge >= 0.3 is 5.97 Å². The van der Waals surface area contributed by atoms with Gasteiger partial charge in [-0.1, -0.05) is 6.07 Å². The van der Waals surface area contributed by atoms with Crippen molar-refractivity contribution in [1.82, 2.24) is 9.97 Å². The van der Waals surface area contributed by atoms with Gasteiger partial charge < -0.3 is 30.6 Å². The molecule has 1 aliphatic rings. The molecule has 0 radical (unpaired) electrons. The Labute approximate surface area is 261 Å². The molecule has 0 spiro atoms. The van der Waals surface area contributed by atoms with E-state index in [4.69, 9.17) is 15.2 Å². The van der Waals surface area contributed by atoms with Crippen LogP contribution in [0.4, 0.5) is 16.0 Å². The van der Waals surface area contributed by atoms with E-state index in [0.29, 0.717) is 46.2 Å². The molecular formula is C34H27FN4O5S. The van der Waals surface area contributed by atoms with Crippen molar-refractivity contribution in [2.75, 3.05) is 18.2 Å². The monoisotopic (exact) mass is 622 g/mol. The first-order chi connectivity index (χ1) is 21.7. The second-order valence-electron chi connectivity index (χ2n) is 10.3. The molecule has 6 aromatic rings. The maximum absolute atomic E-state index is 13.9. The number of aromatic nitrogens is 2. The standard InChI is InChI=1S/C26H19FO4S.C8H8N4O/c1-14-8-22(25-4-3-7-32-25)24(30-2)12-17(14)19-9-15-13-31-23-6-5-16(27)10-20(23)18(15)11-21(19)26(28)29;9-8-11-6-2-1-5(10-4-13)3-7(6)12-8/h3-12H,13H2,1-2H3,(H,28,29);1-4H,(H,10,13)(H3,9,11,12). The summed E-state index contributed by atoms with van der Waals surface area (Å²) in [4.78, 5) is 30.4. The van der Waals surface area contributed by atoms with Gasteiger partial charge in [-0.05, 0) is 107 Å². The van der Waals surface area contributed by atoms with Gasteiger partial charge in [0.1, 0.15) is 23.9 Å². The fraction of sp³-hybridized carbons (Fsp3) is 0.0882. The van der Waals surface area contributed by atoms with Gasteiger partial charge in [0.2, 0.25) is 6.41 Å². The van der Waals surface area contributed by atoms with E-state index >= 15 is 0 Å². The molecule has 0 unspecified atom stereocenters. The molecule has 0 fully saturated rings. The minimum Gasteiger partial charge on any atom is -0.496 e. The molecule has 5 N–H and O–H groups in total. The van der Waals surface area contributed by atoms with Crippen molar-refractivity contribution in [3.05, 3.63) is 101 Å². The maximum atomic E-state index is 13.9. The molecule has 0 bridgehead atoms. The zero-order valence-electron chi connectivity index (χ0n) is 24.2. The number of imidazole rings is 1. The number of nitrogens with two attached hydrogens (primary N) is 1. The number of carboxylic acids is 1. The number of ether oxygens (including phenoxy) is 2. The first-order valence-electron chi connectivity index (χ1n) is 13.8. The van der Waals surface area contributed by atoms with E-state index in [-0.39, 0.29) is 12.2 Å². The smallest absolute Gasteiger partial charge is 0.336 e. The molecule has 3 heterocycles. The number of hydrogen-bond donors (Lipinski definition) is 4. The highest BCUT2D eigenvalue weighted by molar-refractivity contribution is 7.13. The largest absolute Gasteiger partial charge is 0.496 e. The lowest BCUT2D eigenvalue weighted by Gasteiger charge is -2.23. The number of carboxylic acid groups (broad SMARTS) is 1. The Morgan fingerprint density at radius 3 is 2.64 bits per heavy atom. The van der Waals surface area contributed by atoms with Crippen LogP contribution in [0.1, 0.15) is 21.5 Å². The molecule has 0 aliphatic carbocycles. The van der Waals surface area contributed by atoms with Crippen LogP contribution in [0.5, 0.6) is 11.5 Å². The first-order valence-corrected chi connectivity index (χ1v) is 14.6. The second-order valence-corrected chi connectivity index (χ2v) is 11.2. The van der Waals surface area contributed by atoms with Crippen LogP contribution < -0.4 is 20.5 Å². The number of rotatable bonds is 6. The summed E-state index contributed by atoms with van der Waals surface area (Å²) < 4.78 is 25.4. The number of amides is 1. The van der Waals surface area contributed by atoms with Crippen molar-refractivity contribution in [1.29, 1.82) is 0 Å². The zero-order chi connectivity index (χ0) is 31.7. The molecule has 226 valence electrons. The summed E-state index contributed by atoms with van der Waals surface area (Å²) in [7, 11) is 1.61. The van der Waals surface area contributed by atoms with E-state index in [2.05, 4.69) is 15.3 Å². The number of aryl methyl sites for hydroxylation is 1. The topological polar surface area (TPSA) is 140 Å². The van der Waals surface area contributed by atoms with E-state index in [0.717, 1.165) is 38.2 Å². The number of halogens is 1. The van der Waals surface area contributed by atoms with Crippen LogP contribution in [0.3, 0.4) is 0 Å². The SMILES string of the molecule is COc1cc(-c2cc3c(cc2C(=O)O)-c2cc(F)ccc2OC3)c(C)cc1-c1cccs1.Nc1nc2ccc(NC=O)cc2[nH]1. The van der Waals surface area contributed by atoms with Crippen LogP contribution in [0.2, 0.25) is 0 Å². The molecule has 9 nitrogen and oxygen atoms in total. The summed E-state index contributed by atoms with van der Waals surface area (Å²) in [6.07, 6.45) is 0.626. The number of nitrogen functional groups attached to an aromatic ring is 1. The molecule has 0 saturated carbocycles. The molecule has 0 atom stereocenters. The highest BCUT2D eigenvalue weighted by Gasteiger charge is 2.24. The Morgan fingerprint density at radius 1 is 1.07 bits per heavy atom. The number of carbonyl (C=O) groups is 2. The molecule has 11 heteroatoms. The van der Waals surface area contributed by atoms with Crippen LogP contribution in [0.15, 0.2) is 78.2 Å². The van der Waals surface area contributed by atoms with Gasteiger partial charge in [0.05, 0.1) is 23.7 Å². The summed E-state index contributed by atoms with van der Waals surface area (Å²) in [6, 6.07) is 21.0. The highest BCUT2D eigenvalue weighted by atomic mass is 32.1. The number of aromatic carboxylic acids is 1. The van der Waals surface area contributed by atoms with Crippen LogP contribution in [0.25, 0.3) is 43.7 Å². The molecule has 7 rings (SSSR count). The Morgan fingerprint density at radius 2 is 1.91 bits per heavy atom. The highest BCUT2D eigenvalue weighted by Crippen LogP contribution is 2.44. The Balaban J connectivity index is 0.000000229. The predicted molar refractivity (Wildman–Crippen MR) is 173 cm³/mol. The summed E-state index contributed by atoms with van der Waals surface area (Å²) >= 11 is 1.62. The van der Waals surface area contributed by atoms with Crippen molar-refractivity contribution in [2.45, 2.75) is 13.5 Å². The fourth-order valence-electron chi connectivity index (χ4n) is 5.37. The van der Waals surface area contributed by atoms with Crippen molar-refractivity contribution in [3.63, 3.8) is 0 Å². The predicted octanol–water partition coefficient (Wildman–Crippen LogP) is 7.51. The Bertz CT molecular complexity index is 2070. The molecule has 0 saturated heterocycles. The fourth-order valence-corrected chi connectivity index (χ4v) is 6.11. The van der Waals surface area contributed by atoms with Crippen LogP contribution >= 0.6 is 11.3 Å². The molecule has 4 aromatic carbocycles. The third-order valence-electron chi connectivity index (χ3n) is 7.44. The molecule has 1 aliphatic heterocycles. The van der Waals surface area contributed by atoms with Crippen LogP contribution in [-0.4, -0.2) is 34.6 Å². The van der Waals surface area contributed by atoms with Gasteiger partial charge in [0.25, 0.3) is 0 Å². The van der Waals surface area contributed by atoms with E-state index in [1.807, 2.05) is 42.6 Å². The minimum absolute atomic E-state index is 0.148.